The van der Waals surface area contributed by atoms with Crippen LogP contribution in [0.15, 0.2) is 94.8 Å². The van der Waals surface area contributed by atoms with Crippen LogP contribution in [0, 0.1) is 297 Å². The molecule has 2 aromatic carbocycles. The number of ketones is 2. The Bertz CT molecular complexity index is 5570. The molecule has 0 aliphatic rings. The summed E-state index contributed by atoms with van der Waals surface area (Å²) in [7, 11) is -7.27. The fraction of sp³-hybridized carbons (Fsp3) is 0.294. The average molecular weight is 1610 g/mol. The van der Waals surface area contributed by atoms with Crippen molar-refractivity contribution >= 4 is 55.3 Å². The van der Waals surface area contributed by atoms with Crippen molar-refractivity contribution in [2.45, 2.75) is 191 Å². The third-order valence-electron chi connectivity index (χ3n) is 13.5. The number of carbonyl (C=O) groups is 6. The first-order valence-corrected chi connectivity index (χ1v) is 40.2. The van der Waals surface area contributed by atoms with Gasteiger partial charge in [-0.15, -0.1) is 12.8 Å². The molecule has 0 aliphatic carbocycles. The monoisotopic (exact) mass is 1600 g/mol. The summed E-state index contributed by atoms with van der Waals surface area (Å²) in [6.45, 7) is 4.50. The molecule has 0 bridgehead atoms. The number of carboxylic acids is 1. The second kappa shape index (κ2) is 81.5. The highest BCUT2D eigenvalue weighted by Gasteiger charge is 2.17. The molecule has 6 N–H and O–H groups in total. The van der Waals surface area contributed by atoms with Crippen molar-refractivity contribution in [3.8, 4) is 297 Å². The lowest BCUT2D eigenvalue weighted by Crippen LogP contribution is -2.31. The highest BCUT2D eigenvalue weighted by atomic mass is 32.2. The Kier molecular flexibility index (Phi) is 71.9. The summed E-state index contributed by atoms with van der Waals surface area (Å²) in [6.07, 6.45) is 42.8. The highest BCUT2D eigenvalue weighted by molar-refractivity contribution is 7.90. The van der Waals surface area contributed by atoms with E-state index >= 15 is 0 Å². The molecule has 17 heteroatoms. The van der Waals surface area contributed by atoms with E-state index in [0.717, 1.165) is 96.3 Å². The molecule has 3 amide bonds. The summed E-state index contributed by atoms with van der Waals surface area (Å²) in [5.41, 5.74) is 0. The molecule has 0 saturated carbocycles. The largest absolute Gasteiger partial charge is 0.481 e. The summed E-state index contributed by atoms with van der Waals surface area (Å²) in [5, 5.41) is 18.6. The molecule has 2 aromatic rings. The molecule has 0 saturated heterocycles. The van der Waals surface area contributed by atoms with Gasteiger partial charge in [0.05, 0.1) is 9.79 Å². The Morgan fingerprint density at radius 2 is 0.538 bits per heavy atom. The molecular formula is C102H84N4O11S2. The van der Waals surface area contributed by atoms with Crippen molar-refractivity contribution in [2.24, 2.45) is 5.14 Å². The number of sulfonamides is 2. The van der Waals surface area contributed by atoms with Gasteiger partial charge in [0.2, 0.25) is 27.5 Å². The number of hydrogen-bond acceptors (Lipinski definition) is 10. The Hall–Kier alpha value is -16.0. The van der Waals surface area contributed by atoms with Gasteiger partial charge in [-0.05, 0) is 196 Å². The lowest BCUT2D eigenvalue weighted by Gasteiger charge is -2.06. The molecule has 15 nitrogen and oxygen atoms in total. The maximum absolute atomic E-state index is 12.1. The van der Waals surface area contributed by atoms with Crippen molar-refractivity contribution in [2.75, 3.05) is 13.1 Å². The first-order valence-electron chi connectivity index (χ1n) is 37.2. The number of aliphatic carboxylic acids is 1. The second-order valence-corrected chi connectivity index (χ2v) is 25.9. The van der Waals surface area contributed by atoms with Crippen LogP contribution in [0.1, 0.15) is 181 Å². The molecule has 0 spiro atoms. The van der Waals surface area contributed by atoms with E-state index in [1.54, 1.807) is 50.2 Å². The minimum absolute atomic E-state index is 0.102. The normalized spacial score (nSPS) is 8.14. The quantitative estimate of drug-likeness (QED) is 0.0184. The first kappa shape index (κ1) is 105. The third kappa shape index (κ3) is 78.5. The number of Topliss-reactive ketones (excluding diaryl/α,β-unsaturated/α-hetero) is 2. The Morgan fingerprint density at radius 1 is 0.319 bits per heavy atom. The smallest absolute Gasteiger partial charge is 0.303 e. The van der Waals surface area contributed by atoms with E-state index < -0.39 is 43.7 Å². The van der Waals surface area contributed by atoms with Gasteiger partial charge in [0.25, 0.3) is 21.8 Å². The van der Waals surface area contributed by atoms with Gasteiger partial charge in [0.1, 0.15) is 0 Å². The molecule has 0 radical (unpaired) electrons. The molecule has 119 heavy (non-hydrogen) atoms. The van der Waals surface area contributed by atoms with E-state index in [1.165, 1.54) is 62.8 Å². The number of rotatable bonds is 37. The molecule has 0 unspecified atom stereocenters. The lowest BCUT2D eigenvalue weighted by atomic mass is 10.1. The molecular weight excluding hydrogens is 1520 g/mol. The zero-order chi connectivity index (χ0) is 87.4. The van der Waals surface area contributed by atoms with Crippen LogP contribution >= 0.6 is 0 Å². The van der Waals surface area contributed by atoms with Crippen LogP contribution in [-0.2, 0) is 48.8 Å². The van der Waals surface area contributed by atoms with Crippen molar-refractivity contribution in [1.29, 1.82) is 0 Å². The summed E-state index contributed by atoms with van der Waals surface area (Å²) in [4.78, 5) is 67.3. The van der Waals surface area contributed by atoms with E-state index in [9.17, 15) is 45.6 Å². The minimum Gasteiger partial charge on any atom is -0.481 e. The number of carbonyl (C=O) groups excluding carboxylic acids is 5. The van der Waals surface area contributed by atoms with E-state index in [0.29, 0.717) is 25.9 Å². The molecule has 0 atom stereocenters. The number of benzene rings is 2. The maximum Gasteiger partial charge on any atom is 0.303 e. The second-order valence-electron chi connectivity index (χ2n) is 22.7. The number of allylic oxidation sites excluding steroid dienone is 4. The fourth-order valence-electron chi connectivity index (χ4n) is 7.94. The topological polar surface area (TPSA) is 253 Å². The van der Waals surface area contributed by atoms with Gasteiger partial charge in [-0.25, -0.2) is 26.7 Å². The number of carboxylic acid groups (broad SMARTS) is 1. The van der Waals surface area contributed by atoms with Crippen LogP contribution in [0.5, 0.6) is 0 Å². The van der Waals surface area contributed by atoms with Crippen LogP contribution in [0.4, 0.5) is 0 Å². The van der Waals surface area contributed by atoms with Gasteiger partial charge in [0.15, 0.2) is 0 Å². The van der Waals surface area contributed by atoms with Gasteiger partial charge in [0, 0.05) is 228 Å². The highest BCUT2D eigenvalue weighted by Crippen LogP contribution is 2.13. The van der Waals surface area contributed by atoms with E-state index in [4.69, 9.17) is 23.1 Å². The predicted octanol–water partition coefficient (Wildman–Crippen LogP) is 9.89. The number of nitrogens with one attached hydrogen (secondary N) is 3. The third-order valence-corrected chi connectivity index (χ3v) is 15.8. The van der Waals surface area contributed by atoms with Crippen molar-refractivity contribution in [3.63, 3.8) is 0 Å². The van der Waals surface area contributed by atoms with Gasteiger partial charge in [-0.2, -0.15) is 0 Å². The van der Waals surface area contributed by atoms with E-state index in [2.05, 4.69) is 324 Å². The molecule has 0 heterocycles. The van der Waals surface area contributed by atoms with Gasteiger partial charge in [-0.3, -0.25) is 28.8 Å². The standard InChI is InChI=1S/C50H2.C26H40N2O5S.C20H35NO4.C6H7NO2S/c1-3-5-7-9-11-13-15-17-19-21-23-25-27-29-31-33-35-37-39-41-43-45-47-49-50-48-46-44-42-40-38-36-34-32-30-28-26-24-22-20-18-16-14-12-10-8-6-4-2;1-2-24(29)26(31)27-22-18-13-11-9-7-5-3-4-6-8-10-12-17-21-25(30)28-34(32,33)23-19-15-14-16-20-23;1-2-18(22)20(25)21-17-15-13-11-9-7-5-3-4-6-8-10-12-14-16-19(23)24;7-10(8,9)6-4-2-1-3-5-6/h1-2H;7,9,14-16,19-20H,2-6,8,10-13,17-18,21-22H2,1H3,(H,27,31)(H,28,30);7,9H,2-6,8,10-17H2,1H3,(H,21,25)(H,23,24);1-5H,(H2,7,8,9)/b;2*9-7-;. The zero-order valence-electron chi connectivity index (χ0n) is 66.5. The minimum atomic E-state index is -3.77. The number of hydrogen-bond donors (Lipinski definition) is 5. The Balaban J connectivity index is 0. The molecule has 0 aromatic heterocycles. The number of unbranched alkanes of at least 4 members (excludes halogenated alkanes) is 18. The fourth-order valence-corrected chi connectivity index (χ4v) is 9.51. The zero-order valence-corrected chi connectivity index (χ0v) is 68.1. The van der Waals surface area contributed by atoms with Gasteiger partial charge in [-0.1, -0.05) is 139 Å². The Morgan fingerprint density at radius 3 is 0.765 bits per heavy atom. The van der Waals surface area contributed by atoms with Crippen molar-refractivity contribution in [1.82, 2.24) is 15.4 Å². The Labute approximate surface area is 707 Å². The SMILES string of the molecule is C#CC#CC#CC#CC#CC#CC#CC#CC#CC#CC#CC#CC#CC#CC#CC#CC#CC#CC#CC#CC#CC#CC#CC#CC#C.CCC(=O)C(=O)NCCCC/C=C\CCCCCCCCCC(=O)NS(=O)(=O)c1ccccc1.CCC(=O)C(=O)NCCCC/C=C\CCCCCCCCCC(=O)O.NS(=O)(=O)c1ccccc1. The number of primary sulfonamides is 1. The van der Waals surface area contributed by atoms with Crippen LogP contribution in [0.2, 0.25) is 0 Å². The molecule has 0 fully saturated rings. The number of terminal acetylenes is 2. The predicted molar refractivity (Wildman–Crippen MR) is 469 cm³/mol. The summed E-state index contributed by atoms with van der Waals surface area (Å²) in [5.74, 6) is 115. The van der Waals surface area contributed by atoms with E-state index in [1.807, 2.05) is 0 Å². The molecule has 2 rings (SSSR count). The lowest BCUT2D eigenvalue weighted by molar-refractivity contribution is -0.137. The number of nitrogens with two attached hydrogens (primary N) is 1. The summed E-state index contributed by atoms with van der Waals surface area (Å²) < 4.78 is 47.5. The molecule has 0 aliphatic heterocycles. The average Bonchev–Trinajstić information content (AvgIpc) is 0.853. The number of amides is 3. The van der Waals surface area contributed by atoms with Crippen LogP contribution in [-0.4, -0.2) is 70.3 Å². The van der Waals surface area contributed by atoms with Crippen LogP contribution in [0.25, 0.3) is 0 Å². The maximum atomic E-state index is 12.1. The summed E-state index contributed by atoms with van der Waals surface area (Å²) >= 11 is 0. The van der Waals surface area contributed by atoms with E-state index in [-0.39, 0.29) is 40.6 Å². The van der Waals surface area contributed by atoms with Crippen LogP contribution < -0.4 is 20.5 Å². The first-order chi connectivity index (χ1) is 58.0. The van der Waals surface area contributed by atoms with Gasteiger partial charge >= 0.3 is 5.97 Å². The molecule has 590 valence electrons. The van der Waals surface area contributed by atoms with Crippen LogP contribution in [0.3, 0.4) is 0 Å². The van der Waals surface area contributed by atoms with Crippen molar-refractivity contribution in [3.05, 3.63) is 85.0 Å². The summed E-state index contributed by atoms with van der Waals surface area (Å²) in [6, 6.07) is 15.8. The van der Waals surface area contributed by atoms with Crippen molar-refractivity contribution < 1.29 is 50.7 Å². The van der Waals surface area contributed by atoms with Gasteiger partial charge < -0.3 is 15.7 Å².